The zero-order valence-electron chi connectivity index (χ0n) is 14.7. The van der Waals surface area contributed by atoms with Crippen molar-refractivity contribution in [2.75, 3.05) is 59.2 Å². The van der Waals surface area contributed by atoms with Crippen molar-refractivity contribution in [2.24, 2.45) is 0 Å². The highest BCUT2D eigenvalue weighted by Gasteiger charge is 2.25. The minimum atomic E-state index is 0.0203. The molecule has 140 valence electrons. The van der Waals surface area contributed by atoms with E-state index in [2.05, 4.69) is 5.32 Å². The molecule has 3 heterocycles. The van der Waals surface area contributed by atoms with Crippen LogP contribution >= 0.6 is 0 Å². The Labute approximate surface area is 152 Å². The molecule has 0 aliphatic carbocycles. The van der Waals surface area contributed by atoms with E-state index in [0.29, 0.717) is 56.6 Å². The van der Waals surface area contributed by atoms with Crippen molar-refractivity contribution in [3.05, 3.63) is 29.3 Å². The fourth-order valence-corrected chi connectivity index (χ4v) is 3.30. The molecule has 4 rings (SSSR count). The standard InChI is InChI=1S/C19H24N2O5/c22-19(21-5-8-23-9-6-21)15-10-14-2-1-3-17(18(14)26-12-15)25-13-16-11-20-4-7-24-16/h1-3,10,16,20H,4-9,11-13H2/t16-/m0/s1. The van der Waals surface area contributed by atoms with Crippen molar-refractivity contribution in [2.45, 2.75) is 6.10 Å². The number of benzene rings is 1. The van der Waals surface area contributed by atoms with Gasteiger partial charge in [0.1, 0.15) is 19.3 Å². The molecule has 3 aliphatic heterocycles. The van der Waals surface area contributed by atoms with Crippen LogP contribution in [0.4, 0.5) is 0 Å². The van der Waals surface area contributed by atoms with Crippen molar-refractivity contribution < 1.29 is 23.7 Å². The van der Waals surface area contributed by atoms with Crippen molar-refractivity contribution in [1.82, 2.24) is 10.2 Å². The molecule has 1 atom stereocenters. The van der Waals surface area contributed by atoms with Crippen LogP contribution in [0.3, 0.4) is 0 Å². The minimum Gasteiger partial charge on any atom is -0.487 e. The van der Waals surface area contributed by atoms with E-state index in [9.17, 15) is 4.79 Å². The maximum atomic E-state index is 12.6. The lowest BCUT2D eigenvalue weighted by atomic mass is 10.1. The summed E-state index contributed by atoms with van der Waals surface area (Å²) >= 11 is 0. The second kappa shape index (κ2) is 8.07. The zero-order valence-corrected chi connectivity index (χ0v) is 14.7. The smallest absolute Gasteiger partial charge is 0.253 e. The third kappa shape index (κ3) is 3.85. The Bertz CT molecular complexity index is 679. The summed E-state index contributed by atoms with van der Waals surface area (Å²) < 4.78 is 22.8. The number of hydrogen-bond acceptors (Lipinski definition) is 6. The first kappa shape index (κ1) is 17.3. The van der Waals surface area contributed by atoms with Crippen LogP contribution in [-0.2, 0) is 14.3 Å². The van der Waals surface area contributed by atoms with Gasteiger partial charge < -0.3 is 29.2 Å². The summed E-state index contributed by atoms with van der Waals surface area (Å²) in [6, 6.07) is 5.74. The predicted octanol–water partition coefficient (Wildman–Crippen LogP) is 0.688. The van der Waals surface area contributed by atoms with E-state index in [1.807, 2.05) is 29.2 Å². The minimum absolute atomic E-state index is 0.0203. The number of hydrogen-bond donors (Lipinski definition) is 1. The third-order valence-electron chi connectivity index (χ3n) is 4.71. The van der Waals surface area contributed by atoms with Gasteiger partial charge in [-0.3, -0.25) is 4.79 Å². The van der Waals surface area contributed by atoms with Crippen LogP contribution in [0.2, 0.25) is 0 Å². The highest BCUT2D eigenvalue weighted by atomic mass is 16.5. The number of carbonyl (C=O) groups excluding carboxylic acids is 1. The molecule has 0 spiro atoms. The quantitative estimate of drug-likeness (QED) is 0.852. The molecule has 1 aromatic rings. The average molecular weight is 360 g/mol. The van der Waals surface area contributed by atoms with Gasteiger partial charge in [-0.05, 0) is 12.1 Å². The molecule has 1 N–H and O–H groups in total. The zero-order chi connectivity index (χ0) is 17.8. The number of nitrogens with one attached hydrogen (secondary N) is 1. The predicted molar refractivity (Wildman–Crippen MR) is 95.4 cm³/mol. The fraction of sp³-hybridized carbons (Fsp3) is 0.526. The number of fused-ring (bicyclic) bond motifs is 1. The molecular formula is C19H24N2O5. The van der Waals surface area contributed by atoms with E-state index in [-0.39, 0.29) is 18.6 Å². The lowest BCUT2D eigenvalue weighted by Gasteiger charge is -2.29. The van der Waals surface area contributed by atoms with Crippen molar-refractivity contribution in [3.63, 3.8) is 0 Å². The van der Waals surface area contributed by atoms with Crippen LogP contribution in [0, 0.1) is 0 Å². The SMILES string of the molecule is O=C(C1=Cc2cccc(OC[C@@H]3CNCCO3)c2OC1)N1CCOCC1. The van der Waals surface area contributed by atoms with Crippen LogP contribution in [0.1, 0.15) is 5.56 Å². The first-order chi connectivity index (χ1) is 12.8. The third-order valence-corrected chi connectivity index (χ3v) is 4.71. The molecule has 2 fully saturated rings. The molecule has 0 aromatic heterocycles. The van der Waals surface area contributed by atoms with Gasteiger partial charge in [-0.15, -0.1) is 0 Å². The summed E-state index contributed by atoms with van der Waals surface area (Å²) in [4.78, 5) is 14.5. The van der Waals surface area contributed by atoms with E-state index < -0.39 is 0 Å². The normalized spacial score (nSPS) is 22.8. The van der Waals surface area contributed by atoms with E-state index in [1.54, 1.807) is 0 Å². The Morgan fingerprint density at radius 2 is 2.15 bits per heavy atom. The van der Waals surface area contributed by atoms with E-state index in [0.717, 1.165) is 18.7 Å². The summed E-state index contributed by atoms with van der Waals surface area (Å²) in [6.07, 6.45) is 1.94. The van der Waals surface area contributed by atoms with Crippen molar-refractivity contribution in [1.29, 1.82) is 0 Å². The van der Waals surface area contributed by atoms with Gasteiger partial charge in [0, 0.05) is 31.7 Å². The molecule has 7 nitrogen and oxygen atoms in total. The van der Waals surface area contributed by atoms with Gasteiger partial charge >= 0.3 is 0 Å². The average Bonchev–Trinajstić information content (AvgIpc) is 2.72. The van der Waals surface area contributed by atoms with Gasteiger partial charge in [-0.1, -0.05) is 12.1 Å². The number of ether oxygens (including phenoxy) is 4. The number of amides is 1. The maximum Gasteiger partial charge on any atom is 0.253 e. The fourth-order valence-electron chi connectivity index (χ4n) is 3.30. The molecule has 0 unspecified atom stereocenters. The lowest BCUT2D eigenvalue weighted by Crippen LogP contribution is -2.42. The number of morpholine rings is 2. The Morgan fingerprint density at radius 3 is 2.96 bits per heavy atom. The number of carbonyl (C=O) groups is 1. The summed E-state index contributed by atoms with van der Waals surface area (Å²) in [5, 5.41) is 3.29. The highest BCUT2D eigenvalue weighted by molar-refractivity contribution is 5.99. The van der Waals surface area contributed by atoms with Gasteiger partial charge in [0.2, 0.25) is 0 Å². The molecule has 7 heteroatoms. The van der Waals surface area contributed by atoms with Gasteiger partial charge in [-0.2, -0.15) is 0 Å². The van der Waals surface area contributed by atoms with Crippen molar-refractivity contribution >= 4 is 12.0 Å². The maximum absolute atomic E-state index is 12.6. The Kier molecular flexibility index (Phi) is 5.38. The topological polar surface area (TPSA) is 69.3 Å². The van der Waals surface area contributed by atoms with Crippen LogP contribution in [0.25, 0.3) is 6.08 Å². The van der Waals surface area contributed by atoms with Crippen molar-refractivity contribution in [3.8, 4) is 11.5 Å². The summed E-state index contributed by atoms with van der Waals surface area (Å²) in [5.74, 6) is 1.40. The van der Waals surface area contributed by atoms with Crippen LogP contribution < -0.4 is 14.8 Å². The first-order valence-corrected chi connectivity index (χ1v) is 9.10. The van der Waals surface area contributed by atoms with E-state index >= 15 is 0 Å². The first-order valence-electron chi connectivity index (χ1n) is 9.10. The largest absolute Gasteiger partial charge is 0.487 e. The molecule has 0 bridgehead atoms. The molecule has 1 aromatic carbocycles. The second-order valence-electron chi connectivity index (χ2n) is 6.55. The Hall–Kier alpha value is -2.09. The Balaban J connectivity index is 1.45. The second-order valence-corrected chi connectivity index (χ2v) is 6.55. The van der Waals surface area contributed by atoms with Crippen LogP contribution in [0.5, 0.6) is 11.5 Å². The monoisotopic (exact) mass is 360 g/mol. The summed E-state index contributed by atoms with van der Waals surface area (Å²) in [6.45, 7) is 5.52. The van der Waals surface area contributed by atoms with Gasteiger partial charge in [0.25, 0.3) is 5.91 Å². The Morgan fingerprint density at radius 1 is 1.27 bits per heavy atom. The molecule has 1 amide bonds. The molecule has 2 saturated heterocycles. The van der Waals surface area contributed by atoms with Gasteiger partial charge in [-0.25, -0.2) is 0 Å². The lowest BCUT2D eigenvalue weighted by molar-refractivity contribution is -0.131. The summed E-state index contributed by atoms with van der Waals surface area (Å²) in [5.41, 5.74) is 1.53. The molecule has 0 radical (unpaired) electrons. The van der Waals surface area contributed by atoms with E-state index in [4.69, 9.17) is 18.9 Å². The van der Waals surface area contributed by atoms with Crippen LogP contribution in [-0.4, -0.2) is 76.1 Å². The highest BCUT2D eigenvalue weighted by Crippen LogP contribution is 2.36. The van der Waals surface area contributed by atoms with Gasteiger partial charge in [0.15, 0.2) is 11.5 Å². The number of para-hydroxylation sites is 1. The van der Waals surface area contributed by atoms with E-state index in [1.165, 1.54) is 0 Å². The van der Waals surface area contributed by atoms with Crippen LogP contribution in [0.15, 0.2) is 23.8 Å². The van der Waals surface area contributed by atoms with Gasteiger partial charge in [0.05, 0.1) is 25.4 Å². The molecule has 3 aliphatic rings. The molecular weight excluding hydrogens is 336 g/mol. The number of rotatable bonds is 4. The summed E-state index contributed by atoms with van der Waals surface area (Å²) in [7, 11) is 0. The molecule has 26 heavy (non-hydrogen) atoms. The number of nitrogens with zero attached hydrogens (tertiary/aromatic N) is 1. The molecule has 0 saturated carbocycles.